The van der Waals surface area contributed by atoms with Crippen molar-refractivity contribution in [1.29, 1.82) is 0 Å². The number of nitrogens with one attached hydrogen (secondary N) is 2. The van der Waals surface area contributed by atoms with Gasteiger partial charge in [-0.15, -0.1) is 0 Å². The van der Waals surface area contributed by atoms with Crippen molar-refractivity contribution < 1.29 is 4.79 Å². The smallest absolute Gasteiger partial charge is 0.220 e. The summed E-state index contributed by atoms with van der Waals surface area (Å²) in [4.78, 5) is 10.9. The lowest BCUT2D eigenvalue weighted by atomic mass is 10.1. The molecule has 2 N–H and O–H groups in total. The van der Waals surface area contributed by atoms with Crippen molar-refractivity contribution in [2.75, 3.05) is 6.54 Å². The minimum atomic E-state index is 0.212. The van der Waals surface area contributed by atoms with Crippen LogP contribution in [0.3, 0.4) is 0 Å². The van der Waals surface area contributed by atoms with E-state index in [-0.39, 0.29) is 5.91 Å². The highest BCUT2D eigenvalue weighted by Gasteiger charge is 2.22. The van der Waals surface area contributed by atoms with Gasteiger partial charge in [0.25, 0.3) is 0 Å². The van der Waals surface area contributed by atoms with E-state index in [0.717, 1.165) is 19.0 Å². The lowest BCUT2D eigenvalue weighted by Crippen LogP contribution is -2.48. The number of hydrogen-bond acceptors (Lipinski definition) is 2. The number of rotatable bonds is 2. The molecule has 1 atom stereocenters. The zero-order valence-corrected chi connectivity index (χ0v) is 8.01. The predicted molar refractivity (Wildman–Crippen MR) is 51.4 cm³/mol. The van der Waals surface area contributed by atoms with Crippen LogP contribution in [0, 0.1) is 0 Å². The van der Waals surface area contributed by atoms with E-state index in [2.05, 4.69) is 10.6 Å². The molecule has 3 nitrogen and oxygen atoms in total. The van der Waals surface area contributed by atoms with Gasteiger partial charge >= 0.3 is 0 Å². The van der Waals surface area contributed by atoms with E-state index >= 15 is 0 Å². The third-order valence-electron chi connectivity index (χ3n) is 3.09. The first-order chi connectivity index (χ1) is 6.34. The fourth-order valence-corrected chi connectivity index (χ4v) is 2.30. The molecule has 0 bridgehead atoms. The Balaban J connectivity index is 1.72. The Bertz CT molecular complexity index is 177. The molecule has 0 spiro atoms. The van der Waals surface area contributed by atoms with Gasteiger partial charge in [0.1, 0.15) is 0 Å². The maximum atomic E-state index is 10.9. The summed E-state index contributed by atoms with van der Waals surface area (Å²) in [7, 11) is 0. The molecule has 1 saturated heterocycles. The van der Waals surface area contributed by atoms with Gasteiger partial charge in [0.2, 0.25) is 5.91 Å². The molecule has 0 aromatic heterocycles. The molecule has 2 rings (SSSR count). The fraction of sp³-hybridized carbons (Fsp3) is 0.900. The van der Waals surface area contributed by atoms with Gasteiger partial charge in [-0.2, -0.15) is 0 Å². The van der Waals surface area contributed by atoms with Crippen LogP contribution in [0.15, 0.2) is 0 Å². The minimum Gasteiger partial charge on any atom is -0.355 e. The van der Waals surface area contributed by atoms with Crippen molar-refractivity contribution in [3.8, 4) is 0 Å². The Hall–Kier alpha value is -0.570. The third kappa shape index (κ3) is 2.44. The van der Waals surface area contributed by atoms with Crippen molar-refractivity contribution in [3.63, 3.8) is 0 Å². The fourth-order valence-electron chi connectivity index (χ4n) is 2.30. The Morgan fingerprint density at radius 3 is 2.54 bits per heavy atom. The zero-order chi connectivity index (χ0) is 9.10. The summed E-state index contributed by atoms with van der Waals surface area (Å²) in [6.45, 7) is 0.829. The summed E-state index contributed by atoms with van der Waals surface area (Å²) in [6.07, 6.45) is 7.11. The van der Waals surface area contributed by atoms with Gasteiger partial charge in [0.05, 0.1) is 0 Å². The Labute approximate surface area is 79.3 Å². The van der Waals surface area contributed by atoms with E-state index in [9.17, 15) is 4.79 Å². The largest absolute Gasteiger partial charge is 0.355 e. The first kappa shape index (κ1) is 9.00. The number of hydrogen-bond donors (Lipinski definition) is 2. The highest BCUT2D eigenvalue weighted by molar-refractivity contribution is 5.76. The molecule has 74 valence electrons. The summed E-state index contributed by atoms with van der Waals surface area (Å²) >= 11 is 0. The van der Waals surface area contributed by atoms with E-state index in [1.165, 1.54) is 25.7 Å². The summed E-state index contributed by atoms with van der Waals surface area (Å²) in [5.74, 6) is 0.212. The van der Waals surface area contributed by atoms with E-state index in [1.807, 2.05) is 0 Å². The molecule has 2 fully saturated rings. The van der Waals surface area contributed by atoms with E-state index in [4.69, 9.17) is 0 Å². The maximum absolute atomic E-state index is 10.9. The van der Waals surface area contributed by atoms with Crippen LogP contribution in [0.2, 0.25) is 0 Å². The maximum Gasteiger partial charge on any atom is 0.220 e. The summed E-state index contributed by atoms with van der Waals surface area (Å²) in [5.41, 5.74) is 0. The number of carbonyl (C=O) groups excluding carboxylic acids is 1. The van der Waals surface area contributed by atoms with Crippen LogP contribution in [-0.2, 0) is 4.79 Å². The van der Waals surface area contributed by atoms with E-state index < -0.39 is 0 Å². The lowest BCUT2D eigenvalue weighted by Gasteiger charge is -2.26. The zero-order valence-electron chi connectivity index (χ0n) is 8.01. The van der Waals surface area contributed by atoms with Gasteiger partial charge in [-0.1, -0.05) is 12.8 Å². The molecule has 1 aliphatic carbocycles. The molecule has 1 saturated carbocycles. The standard InChI is InChI=1S/C10H18N2O/c13-10-6-5-9(7-11-10)12-8-3-1-2-4-8/h8-9,12H,1-7H2,(H,11,13). The average molecular weight is 182 g/mol. The van der Waals surface area contributed by atoms with Gasteiger partial charge in [-0.25, -0.2) is 0 Å². The monoisotopic (exact) mass is 182 g/mol. The quantitative estimate of drug-likeness (QED) is 0.663. The number of carbonyl (C=O) groups is 1. The Morgan fingerprint density at radius 1 is 1.15 bits per heavy atom. The molecule has 0 aromatic carbocycles. The van der Waals surface area contributed by atoms with Crippen molar-refractivity contribution in [2.45, 2.75) is 50.6 Å². The topological polar surface area (TPSA) is 41.1 Å². The minimum absolute atomic E-state index is 0.212. The van der Waals surface area contributed by atoms with Crippen LogP contribution in [0.4, 0.5) is 0 Å². The van der Waals surface area contributed by atoms with Crippen LogP contribution < -0.4 is 10.6 Å². The summed E-state index contributed by atoms with van der Waals surface area (Å²) in [5, 5.41) is 6.53. The molecule has 13 heavy (non-hydrogen) atoms. The Kier molecular flexibility index (Phi) is 2.83. The Morgan fingerprint density at radius 2 is 1.92 bits per heavy atom. The molecular formula is C10H18N2O. The van der Waals surface area contributed by atoms with E-state index in [0.29, 0.717) is 12.5 Å². The SMILES string of the molecule is O=C1CCC(NC2CCCC2)CN1. The predicted octanol–water partition coefficient (Wildman–Crippen LogP) is 0.797. The first-order valence-electron chi connectivity index (χ1n) is 5.37. The van der Waals surface area contributed by atoms with Gasteiger partial charge in [-0.3, -0.25) is 4.79 Å². The van der Waals surface area contributed by atoms with Gasteiger partial charge in [0.15, 0.2) is 0 Å². The second-order valence-electron chi connectivity index (χ2n) is 4.19. The van der Waals surface area contributed by atoms with Crippen LogP contribution in [0.5, 0.6) is 0 Å². The van der Waals surface area contributed by atoms with Crippen LogP contribution in [0.25, 0.3) is 0 Å². The molecule has 3 heteroatoms. The highest BCUT2D eigenvalue weighted by Crippen LogP contribution is 2.19. The second-order valence-corrected chi connectivity index (χ2v) is 4.19. The molecule has 1 aliphatic heterocycles. The average Bonchev–Trinajstić information content (AvgIpc) is 2.62. The van der Waals surface area contributed by atoms with Crippen LogP contribution in [0.1, 0.15) is 38.5 Å². The van der Waals surface area contributed by atoms with Crippen molar-refractivity contribution >= 4 is 5.91 Å². The molecular weight excluding hydrogens is 164 g/mol. The number of amides is 1. The van der Waals surface area contributed by atoms with Gasteiger partial charge < -0.3 is 10.6 Å². The van der Waals surface area contributed by atoms with Crippen LogP contribution >= 0.6 is 0 Å². The normalized spacial score (nSPS) is 30.5. The van der Waals surface area contributed by atoms with Crippen molar-refractivity contribution in [2.24, 2.45) is 0 Å². The van der Waals surface area contributed by atoms with Gasteiger partial charge in [0, 0.05) is 25.0 Å². The lowest BCUT2D eigenvalue weighted by molar-refractivity contribution is -0.122. The van der Waals surface area contributed by atoms with Gasteiger partial charge in [-0.05, 0) is 19.3 Å². The molecule has 0 aromatic rings. The number of piperidine rings is 1. The molecule has 0 radical (unpaired) electrons. The highest BCUT2D eigenvalue weighted by atomic mass is 16.1. The molecule has 1 unspecified atom stereocenters. The third-order valence-corrected chi connectivity index (χ3v) is 3.09. The first-order valence-corrected chi connectivity index (χ1v) is 5.37. The van der Waals surface area contributed by atoms with E-state index in [1.54, 1.807) is 0 Å². The van der Waals surface area contributed by atoms with Crippen molar-refractivity contribution in [3.05, 3.63) is 0 Å². The van der Waals surface area contributed by atoms with Crippen LogP contribution in [-0.4, -0.2) is 24.5 Å². The summed E-state index contributed by atoms with van der Waals surface area (Å²) in [6, 6.07) is 1.25. The molecule has 1 amide bonds. The second kappa shape index (κ2) is 4.09. The summed E-state index contributed by atoms with van der Waals surface area (Å²) < 4.78 is 0. The van der Waals surface area contributed by atoms with Crippen molar-refractivity contribution in [1.82, 2.24) is 10.6 Å². The molecule has 2 aliphatic rings. The molecule has 1 heterocycles.